The maximum absolute atomic E-state index is 11.7. The van der Waals surface area contributed by atoms with Crippen molar-refractivity contribution in [3.05, 3.63) is 11.6 Å². The largest absolute Gasteiger partial charge is 0.478 e. The number of carboxylic acid groups (broad SMARTS) is 1. The van der Waals surface area contributed by atoms with E-state index in [4.69, 9.17) is 0 Å². The zero-order valence-electron chi connectivity index (χ0n) is 41.2. The van der Waals surface area contributed by atoms with Gasteiger partial charge in [-0.05, 0) is 25.7 Å². The number of carboxylic acids is 1. The Morgan fingerprint density at radius 1 is 0.271 bits per heavy atom. The third-order valence-electron chi connectivity index (χ3n) is 13.5. The van der Waals surface area contributed by atoms with Crippen LogP contribution in [0.3, 0.4) is 0 Å². The summed E-state index contributed by atoms with van der Waals surface area (Å²) in [7, 11) is 0. The minimum Gasteiger partial charge on any atom is -0.478 e. The Morgan fingerprint density at radius 2 is 0.441 bits per heavy atom. The molecule has 0 atom stereocenters. The fraction of sp³-hybridized carbons (Fsp3) is 0.947. The van der Waals surface area contributed by atoms with Gasteiger partial charge in [-0.25, -0.2) is 4.79 Å². The molecule has 352 valence electrons. The second-order valence-electron chi connectivity index (χ2n) is 19.5. The molecule has 0 radical (unpaired) electrons. The lowest BCUT2D eigenvalue weighted by atomic mass is 10.0. The summed E-state index contributed by atoms with van der Waals surface area (Å²) in [6.07, 6.45) is 74.3. The van der Waals surface area contributed by atoms with Crippen molar-refractivity contribution in [2.45, 2.75) is 348 Å². The van der Waals surface area contributed by atoms with E-state index in [-0.39, 0.29) is 0 Å². The van der Waals surface area contributed by atoms with Gasteiger partial charge < -0.3 is 5.11 Å². The van der Waals surface area contributed by atoms with Crippen LogP contribution in [0.15, 0.2) is 11.6 Å². The van der Waals surface area contributed by atoms with Gasteiger partial charge in [0.2, 0.25) is 0 Å². The summed E-state index contributed by atoms with van der Waals surface area (Å²) >= 11 is 0. The van der Waals surface area contributed by atoms with Crippen LogP contribution in [0, 0.1) is 0 Å². The van der Waals surface area contributed by atoms with Crippen molar-refractivity contribution in [2.75, 3.05) is 0 Å². The molecule has 0 saturated carbocycles. The van der Waals surface area contributed by atoms with E-state index in [2.05, 4.69) is 13.8 Å². The molecule has 0 spiro atoms. The SMILES string of the molecule is CCCCCCCCCCCCCCCCCCCCCCCCCCCCCCCCCC/C=C(/CCCCCCCCCCCCCCCCCCCC)C(=O)O. The van der Waals surface area contributed by atoms with Gasteiger partial charge in [-0.1, -0.05) is 328 Å². The molecule has 0 saturated heterocycles. The third kappa shape index (κ3) is 51.5. The summed E-state index contributed by atoms with van der Waals surface area (Å²) in [5, 5.41) is 9.67. The second kappa shape index (κ2) is 53.3. The molecule has 59 heavy (non-hydrogen) atoms. The van der Waals surface area contributed by atoms with Gasteiger partial charge in [-0.3, -0.25) is 0 Å². The Balaban J connectivity index is 3.32. The number of carbonyl (C=O) groups is 1. The highest BCUT2D eigenvalue weighted by Crippen LogP contribution is 2.19. The zero-order chi connectivity index (χ0) is 42.6. The van der Waals surface area contributed by atoms with Crippen molar-refractivity contribution in [1.82, 2.24) is 0 Å². The summed E-state index contributed by atoms with van der Waals surface area (Å²) in [4.78, 5) is 11.7. The van der Waals surface area contributed by atoms with Gasteiger partial charge in [-0.2, -0.15) is 0 Å². The minimum absolute atomic E-state index is 0.669. The predicted octanol–water partition coefficient (Wildman–Crippen LogP) is 21.3. The molecule has 0 aromatic rings. The number of rotatable bonds is 53. The number of allylic oxidation sites excluding steroid dienone is 1. The van der Waals surface area contributed by atoms with Crippen molar-refractivity contribution < 1.29 is 9.90 Å². The first-order valence-electron chi connectivity index (χ1n) is 28.1. The fourth-order valence-electron chi connectivity index (χ4n) is 9.31. The highest BCUT2D eigenvalue weighted by Gasteiger charge is 2.06. The van der Waals surface area contributed by atoms with E-state index in [0.717, 1.165) is 25.7 Å². The van der Waals surface area contributed by atoms with Crippen molar-refractivity contribution in [1.29, 1.82) is 0 Å². The summed E-state index contributed by atoms with van der Waals surface area (Å²) in [6.45, 7) is 4.60. The number of hydrogen-bond donors (Lipinski definition) is 1. The quantitative estimate of drug-likeness (QED) is 0.0490. The van der Waals surface area contributed by atoms with Gasteiger partial charge in [0.1, 0.15) is 0 Å². The molecule has 2 heteroatoms. The fourth-order valence-corrected chi connectivity index (χ4v) is 9.31. The van der Waals surface area contributed by atoms with Crippen LogP contribution >= 0.6 is 0 Å². The van der Waals surface area contributed by atoms with Crippen LogP contribution in [0.4, 0.5) is 0 Å². The van der Waals surface area contributed by atoms with E-state index >= 15 is 0 Å². The van der Waals surface area contributed by atoms with E-state index in [1.165, 1.54) is 308 Å². The lowest BCUT2D eigenvalue weighted by Crippen LogP contribution is -2.00. The summed E-state index contributed by atoms with van der Waals surface area (Å²) in [6, 6.07) is 0. The molecular formula is C57H112O2. The van der Waals surface area contributed by atoms with E-state index < -0.39 is 5.97 Å². The molecule has 0 aromatic heterocycles. The molecule has 1 N–H and O–H groups in total. The van der Waals surface area contributed by atoms with E-state index in [0.29, 0.717) is 5.57 Å². The Hall–Kier alpha value is -0.790. The van der Waals surface area contributed by atoms with Gasteiger partial charge in [0, 0.05) is 5.57 Å². The predicted molar refractivity (Wildman–Crippen MR) is 267 cm³/mol. The van der Waals surface area contributed by atoms with Crippen LogP contribution in [0.25, 0.3) is 0 Å². The van der Waals surface area contributed by atoms with Gasteiger partial charge in [-0.15, -0.1) is 0 Å². The molecule has 0 bridgehead atoms. The first-order valence-corrected chi connectivity index (χ1v) is 28.1. The molecule has 0 heterocycles. The van der Waals surface area contributed by atoms with E-state index in [1.54, 1.807) is 0 Å². The Kier molecular flexibility index (Phi) is 52.6. The minimum atomic E-state index is -0.687. The first kappa shape index (κ1) is 58.2. The van der Waals surface area contributed by atoms with Crippen LogP contribution in [0.5, 0.6) is 0 Å². The number of unbranched alkanes of at least 4 members (excludes halogenated alkanes) is 49. The topological polar surface area (TPSA) is 37.3 Å². The second-order valence-corrected chi connectivity index (χ2v) is 19.5. The van der Waals surface area contributed by atoms with Gasteiger partial charge in [0.05, 0.1) is 0 Å². The van der Waals surface area contributed by atoms with Crippen molar-refractivity contribution in [2.24, 2.45) is 0 Å². The molecule has 0 aromatic carbocycles. The molecular weight excluding hydrogens is 717 g/mol. The summed E-state index contributed by atoms with van der Waals surface area (Å²) in [5.41, 5.74) is 0.669. The molecule has 0 aliphatic heterocycles. The Labute approximate surface area is 373 Å². The Bertz CT molecular complexity index is 800. The average molecular weight is 830 g/mol. The smallest absolute Gasteiger partial charge is 0.331 e. The van der Waals surface area contributed by atoms with Gasteiger partial charge in [0.25, 0.3) is 0 Å². The van der Waals surface area contributed by atoms with Gasteiger partial charge >= 0.3 is 5.97 Å². The van der Waals surface area contributed by atoms with Crippen LogP contribution in [0.2, 0.25) is 0 Å². The lowest BCUT2D eigenvalue weighted by Gasteiger charge is -2.05. The lowest BCUT2D eigenvalue weighted by molar-refractivity contribution is -0.132. The molecule has 0 aliphatic carbocycles. The highest BCUT2D eigenvalue weighted by atomic mass is 16.4. The van der Waals surface area contributed by atoms with Crippen molar-refractivity contribution in [3.8, 4) is 0 Å². The van der Waals surface area contributed by atoms with E-state index in [1.807, 2.05) is 6.08 Å². The van der Waals surface area contributed by atoms with Crippen LogP contribution in [-0.2, 0) is 4.79 Å². The molecule has 2 nitrogen and oxygen atoms in total. The molecule has 0 fully saturated rings. The normalized spacial score (nSPS) is 11.9. The summed E-state index contributed by atoms with van der Waals surface area (Å²) < 4.78 is 0. The summed E-state index contributed by atoms with van der Waals surface area (Å²) in [5.74, 6) is -0.687. The molecule has 0 amide bonds. The maximum atomic E-state index is 11.7. The highest BCUT2D eigenvalue weighted by molar-refractivity contribution is 5.86. The van der Waals surface area contributed by atoms with Gasteiger partial charge in [0.15, 0.2) is 0 Å². The molecule has 0 rings (SSSR count). The van der Waals surface area contributed by atoms with Crippen LogP contribution in [0.1, 0.15) is 348 Å². The first-order chi connectivity index (χ1) is 29.2. The zero-order valence-corrected chi connectivity index (χ0v) is 41.2. The number of aliphatic carboxylic acids is 1. The van der Waals surface area contributed by atoms with Crippen molar-refractivity contribution >= 4 is 5.97 Å². The monoisotopic (exact) mass is 829 g/mol. The standard InChI is InChI=1S/C57H112O2/c1-3-5-7-9-11-13-15-17-19-21-23-24-25-26-27-28-29-30-31-32-33-34-35-36-37-39-41-43-45-47-49-51-53-55-56(57(58)59)54-52-50-48-46-44-42-40-38-22-20-18-16-14-12-10-8-6-4-2/h55H,3-54H2,1-2H3,(H,58,59)/b56-55-. The maximum Gasteiger partial charge on any atom is 0.331 e. The molecule has 0 unspecified atom stereocenters. The van der Waals surface area contributed by atoms with E-state index in [9.17, 15) is 9.90 Å². The third-order valence-corrected chi connectivity index (χ3v) is 13.5. The van der Waals surface area contributed by atoms with Crippen molar-refractivity contribution in [3.63, 3.8) is 0 Å². The molecule has 0 aliphatic rings. The number of hydrogen-bond acceptors (Lipinski definition) is 1. The van der Waals surface area contributed by atoms with Crippen LogP contribution < -0.4 is 0 Å². The van der Waals surface area contributed by atoms with Crippen LogP contribution in [-0.4, -0.2) is 11.1 Å². The average Bonchev–Trinajstić information content (AvgIpc) is 3.24. The Morgan fingerprint density at radius 3 is 0.627 bits per heavy atom.